The van der Waals surface area contributed by atoms with E-state index in [-0.39, 0.29) is 31.4 Å². The fourth-order valence-electron chi connectivity index (χ4n) is 4.38. The summed E-state index contributed by atoms with van der Waals surface area (Å²) >= 11 is 0. The van der Waals surface area contributed by atoms with E-state index in [9.17, 15) is 24.5 Å². The lowest BCUT2D eigenvalue weighted by atomic mass is 10.0. The summed E-state index contributed by atoms with van der Waals surface area (Å²) < 4.78 is 12.1. The van der Waals surface area contributed by atoms with Gasteiger partial charge in [0.1, 0.15) is 6.61 Å². The van der Waals surface area contributed by atoms with Crippen LogP contribution in [0.3, 0.4) is 0 Å². The zero-order valence-corrected chi connectivity index (χ0v) is 21.9. The first kappa shape index (κ1) is 27.2. The highest BCUT2D eigenvalue weighted by atomic mass is 16.6. The third-order valence-corrected chi connectivity index (χ3v) is 6.29. The Morgan fingerprint density at radius 2 is 1.69 bits per heavy atom. The normalized spacial score (nSPS) is 13.2. The van der Waals surface area contributed by atoms with Crippen LogP contribution < -0.4 is 0 Å². The van der Waals surface area contributed by atoms with Crippen LogP contribution in [0, 0.1) is 17.0 Å². The van der Waals surface area contributed by atoms with Crippen molar-refractivity contribution in [3.63, 3.8) is 0 Å². The second-order valence-corrected chi connectivity index (χ2v) is 8.84. The molecule has 0 fully saturated rings. The molecule has 0 atom stereocenters. The van der Waals surface area contributed by atoms with Crippen molar-refractivity contribution in [1.82, 2.24) is 9.58 Å². The van der Waals surface area contributed by atoms with Gasteiger partial charge >= 0.3 is 11.9 Å². The van der Waals surface area contributed by atoms with Crippen molar-refractivity contribution < 1.29 is 28.8 Å². The minimum Gasteiger partial charge on any atom is -0.464 e. The van der Waals surface area contributed by atoms with Gasteiger partial charge < -0.3 is 14.0 Å². The maximum Gasteiger partial charge on any atom is 0.339 e. The fraction of sp³-hybridized carbons (Fsp3) is 0.286. The number of carbonyl (C=O) groups excluding carboxylic acids is 3. The summed E-state index contributed by atoms with van der Waals surface area (Å²) in [6.07, 6.45) is 0.774. The molecule has 0 saturated heterocycles. The number of nitro benzene ring substituents is 1. The smallest absolute Gasteiger partial charge is 0.339 e. The number of nitro groups is 1. The molecule has 4 rings (SSSR count). The van der Waals surface area contributed by atoms with Crippen molar-refractivity contribution in [2.24, 2.45) is 5.10 Å². The Labute approximate surface area is 224 Å². The lowest BCUT2D eigenvalue weighted by molar-refractivity contribution is -0.384. The van der Waals surface area contributed by atoms with Gasteiger partial charge in [-0.3, -0.25) is 19.7 Å². The quantitative estimate of drug-likeness (QED) is 0.226. The lowest BCUT2D eigenvalue weighted by Gasteiger charge is -2.23. The van der Waals surface area contributed by atoms with Gasteiger partial charge in [-0.25, -0.2) is 9.80 Å². The maximum atomic E-state index is 12.7. The molecule has 1 aromatic heterocycles. The average Bonchev–Trinajstić information content (AvgIpc) is 3.27. The third-order valence-electron chi connectivity index (χ3n) is 6.29. The van der Waals surface area contributed by atoms with Crippen LogP contribution in [0.5, 0.6) is 0 Å². The lowest BCUT2D eigenvalue weighted by Crippen LogP contribution is -2.34. The minimum atomic E-state index is -0.462. The topological polar surface area (TPSA) is 133 Å². The van der Waals surface area contributed by atoms with Crippen LogP contribution in [-0.4, -0.2) is 57.8 Å². The Balaban J connectivity index is 1.69. The van der Waals surface area contributed by atoms with Gasteiger partial charge in [0.25, 0.3) is 5.69 Å². The predicted molar refractivity (Wildman–Crippen MR) is 143 cm³/mol. The number of hydrogen-bond acceptors (Lipinski definition) is 8. The molecule has 202 valence electrons. The van der Waals surface area contributed by atoms with Gasteiger partial charge in [-0.15, -0.1) is 0 Å². The van der Waals surface area contributed by atoms with Crippen molar-refractivity contribution in [3.05, 3.63) is 81.5 Å². The third kappa shape index (κ3) is 6.03. The molecular weight excluding hydrogens is 504 g/mol. The first-order chi connectivity index (χ1) is 18.7. The van der Waals surface area contributed by atoms with Crippen LogP contribution in [0.25, 0.3) is 16.9 Å². The number of nitrogens with zero attached hydrogens (tertiary/aromatic N) is 4. The van der Waals surface area contributed by atoms with E-state index in [1.807, 2.05) is 35.8 Å². The van der Waals surface area contributed by atoms with Gasteiger partial charge in [-0.1, -0.05) is 12.1 Å². The monoisotopic (exact) mass is 532 g/mol. The standard InChI is InChI=1S/C28H28N4O7/c1-4-38-28(35)24-17-26(21-7-11-23(12-8-21)32(36)37)31(18(24)2)22-9-5-20(6-10-22)25-13-14-27(34)30(29-25)15-16-39-19(3)33/h5-12,17H,4,13-16H2,1-3H3. The summed E-state index contributed by atoms with van der Waals surface area (Å²) in [6, 6.07) is 15.4. The number of aromatic nitrogens is 1. The van der Waals surface area contributed by atoms with Gasteiger partial charge in [-0.05, 0) is 55.3 Å². The molecule has 0 unspecified atom stereocenters. The van der Waals surface area contributed by atoms with Gasteiger partial charge in [0.15, 0.2) is 0 Å². The molecule has 2 aromatic carbocycles. The van der Waals surface area contributed by atoms with Crippen LogP contribution in [0.1, 0.15) is 48.3 Å². The van der Waals surface area contributed by atoms with E-state index in [0.29, 0.717) is 35.4 Å². The summed E-state index contributed by atoms with van der Waals surface area (Å²) in [5.41, 5.74) is 4.72. The number of benzene rings is 2. The van der Waals surface area contributed by atoms with Crippen molar-refractivity contribution in [3.8, 4) is 16.9 Å². The second-order valence-electron chi connectivity index (χ2n) is 8.84. The fourth-order valence-corrected chi connectivity index (χ4v) is 4.38. The molecule has 11 nitrogen and oxygen atoms in total. The summed E-state index contributed by atoms with van der Waals surface area (Å²) in [5.74, 6) is -1.01. The maximum absolute atomic E-state index is 12.7. The van der Waals surface area contributed by atoms with Crippen molar-refractivity contribution >= 4 is 29.2 Å². The molecule has 0 bridgehead atoms. The number of amides is 1. The predicted octanol–water partition coefficient (Wildman–Crippen LogP) is 4.43. The number of rotatable bonds is 9. The Hall–Kier alpha value is -4.80. The van der Waals surface area contributed by atoms with Crippen molar-refractivity contribution in [2.45, 2.75) is 33.6 Å². The van der Waals surface area contributed by atoms with E-state index >= 15 is 0 Å². The van der Waals surface area contributed by atoms with E-state index in [2.05, 4.69) is 5.10 Å². The number of non-ortho nitro benzene ring substituents is 1. The highest BCUT2D eigenvalue weighted by Gasteiger charge is 2.23. The molecule has 0 radical (unpaired) electrons. The van der Waals surface area contributed by atoms with Crippen LogP contribution in [0.2, 0.25) is 0 Å². The zero-order chi connectivity index (χ0) is 28.1. The number of ether oxygens (including phenoxy) is 2. The molecule has 1 aliphatic rings. The van der Waals surface area contributed by atoms with E-state index in [4.69, 9.17) is 9.47 Å². The van der Waals surface area contributed by atoms with E-state index in [0.717, 1.165) is 17.0 Å². The molecule has 0 saturated carbocycles. The van der Waals surface area contributed by atoms with E-state index in [1.165, 1.54) is 24.1 Å². The number of carbonyl (C=O) groups is 3. The largest absolute Gasteiger partial charge is 0.464 e. The van der Waals surface area contributed by atoms with Crippen LogP contribution in [-0.2, 0) is 19.1 Å². The zero-order valence-electron chi connectivity index (χ0n) is 21.9. The van der Waals surface area contributed by atoms with Gasteiger partial charge in [0.2, 0.25) is 5.91 Å². The molecule has 3 aromatic rings. The Morgan fingerprint density at radius 3 is 2.31 bits per heavy atom. The van der Waals surface area contributed by atoms with Crippen LogP contribution in [0.15, 0.2) is 59.7 Å². The first-order valence-electron chi connectivity index (χ1n) is 12.5. The SMILES string of the molecule is CCOC(=O)c1cc(-c2ccc([N+](=O)[O-])cc2)n(-c2ccc(C3=NN(CCOC(C)=O)C(=O)CC3)cc2)c1C. The van der Waals surface area contributed by atoms with E-state index in [1.54, 1.807) is 25.1 Å². The van der Waals surface area contributed by atoms with Gasteiger partial charge in [0, 0.05) is 43.3 Å². The Kier molecular flexibility index (Phi) is 8.18. The van der Waals surface area contributed by atoms with E-state index < -0.39 is 16.9 Å². The minimum absolute atomic E-state index is 0.0304. The summed E-state index contributed by atoms with van der Waals surface area (Å²) in [7, 11) is 0. The molecular formula is C28H28N4O7. The van der Waals surface area contributed by atoms with Crippen molar-refractivity contribution in [1.29, 1.82) is 0 Å². The second kappa shape index (κ2) is 11.7. The van der Waals surface area contributed by atoms with Gasteiger partial charge in [-0.2, -0.15) is 5.10 Å². The van der Waals surface area contributed by atoms with Crippen LogP contribution in [0.4, 0.5) is 5.69 Å². The number of hydrazone groups is 1. The molecule has 0 N–H and O–H groups in total. The molecule has 1 amide bonds. The highest BCUT2D eigenvalue weighted by Crippen LogP contribution is 2.31. The number of hydrogen-bond donors (Lipinski definition) is 0. The average molecular weight is 533 g/mol. The van der Waals surface area contributed by atoms with Gasteiger partial charge in [0.05, 0.1) is 35.0 Å². The molecule has 0 aliphatic carbocycles. The summed E-state index contributed by atoms with van der Waals surface area (Å²) in [6.45, 7) is 5.33. The van der Waals surface area contributed by atoms with Crippen molar-refractivity contribution in [2.75, 3.05) is 19.8 Å². The summed E-state index contributed by atoms with van der Waals surface area (Å²) in [4.78, 5) is 46.6. The molecule has 11 heteroatoms. The Morgan fingerprint density at radius 1 is 1.03 bits per heavy atom. The molecule has 1 aliphatic heterocycles. The molecule has 0 spiro atoms. The molecule has 39 heavy (non-hydrogen) atoms. The highest BCUT2D eigenvalue weighted by molar-refractivity contribution is 6.04. The summed E-state index contributed by atoms with van der Waals surface area (Å²) in [5, 5.41) is 16.9. The number of esters is 2. The van der Waals surface area contributed by atoms with Crippen LogP contribution >= 0.6 is 0 Å². The Bertz CT molecular complexity index is 1440. The molecule has 2 heterocycles. The first-order valence-corrected chi connectivity index (χ1v) is 12.5.